The lowest BCUT2D eigenvalue weighted by molar-refractivity contribution is -0.140. The van der Waals surface area contributed by atoms with Crippen LogP contribution in [0.15, 0.2) is 6.07 Å². The number of halogens is 5. The largest absolute Gasteiger partial charge is 0.495 e. The van der Waals surface area contributed by atoms with Crippen LogP contribution in [0.1, 0.15) is 23.4 Å². The Morgan fingerprint density at radius 1 is 1.35 bits per heavy atom. The van der Waals surface area contributed by atoms with Crippen molar-refractivity contribution in [2.24, 2.45) is 0 Å². The van der Waals surface area contributed by atoms with Gasteiger partial charge in [0.1, 0.15) is 11.4 Å². The smallest absolute Gasteiger partial charge is 0.418 e. The minimum absolute atomic E-state index is 0.345. The van der Waals surface area contributed by atoms with Gasteiger partial charge < -0.3 is 9.47 Å². The summed E-state index contributed by atoms with van der Waals surface area (Å²) in [4.78, 5) is 14.3. The van der Waals surface area contributed by atoms with Gasteiger partial charge in [0.05, 0.1) is 31.9 Å². The van der Waals surface area contributed by atoms with Gasteiger partial charge in [0, 0.05) is 0 Å². The quantitative estimate of drug-likeness (QED) is 0.633. The second-order valence-corrected chi connectivity index (χ2v) is 3.62. The average molecular weight is 299 g/mol. The van der Waals surface area contributed by atoms with Crippen molar-refractivity contribution in [1.82, 2.24) is 4.98 Å². The molecule has 0 saturated heterocycles. The van der Waals surface area contributed by atoms with E-state index in [1.165, 1.54) is 0 Å². The summed E-state index contributed by atoms with van der Waals surface area (Å²) in [7, 11) is 2.09. The van der Waals surface area contributed by atoms with E-state index in [0.717, 1.165) is 14.2 Å². The highest BCUT2D eigenvalue weighted by Gasteiger charge is 2.38. The number of carbonyl (C=O) groups excluding carboxylic acids is 1. The zero-order valence-electron chi connectivity index (χ0n) is 10.4. The van der Waals surface area contributed by atoms with Gasteiger partial charge in [-0.1, -0.05) is 0 Å². The number of methoxy groups -OCH3 is 2. The number of hydrogen-bond donors (Lipinski definition) is 0. The Morgan fingerprint density at radius 3 is 2.35 bits per heavy atom. The van der Waals surface area contributed by atoms with Crippen molar-refractivity contribution in [2.45, 2.75) is 19.0 Å². The van der Waals surface area contributed by atoms with Gasteiger partial charge in [-0.2, -0.15) is 13.2 Å². The summed E-state index contributed by atoms with van der Waals surface area (Å²) in [6, 6.07) is 0.396. The predicted molar refractivity (Wildman–Crippen MR) is 56.5 cm³/mol. The molecule has 0 bridgehead atoms. The summed E-state index contributed by atoms with van der Waals surface area (Å²) >= 11 is 0. The maximum atomic E-state index is 12.7. The lowest BCUT2D eigenvalue weighted by atomic mass is 10.1. The molecular weight excluding hydrogens is 289 g/mol. The number of hydrogen-bond acceptors (Lipinski definition) is 4. The number of nitrogens with zero attached hydrogens (tertiary/aromatic N) is 1. The normalized spacial score (nSPS) is 11.6. The lowest BCUT2D eigenvalue weighted by Gasteiger charge is -2.15. The second kappa shape index (κ2) is 6.02. The first kappa shape index (κ1) is 16.1. The van der Waals surface area contributed by atoms with Crippen molar-refractivity contribution >= 4 is 5.97 Å². The van der Waals surface area contributed by atoms with E-state index >= 15 is 0 Å². The van der Waals surface area contributed by atoms with Crippen molar-refractivity contribution in [3.63, 3.8) is 0 Å². The molecule has 1 aromatic heterocycles. The highest BCUT2D eigenvalue weighted by molar-refractivity contribution is 5.72. The van der Waals surface area contributed by atoms with Crippen molar-refractivity contribution in [3.05, 3.63) is 23.0 Å². The Labute approximate surface area is 110 Å². The Bertz CT molecular complexity index is 502. The molecule has 20 heavy (non-hydrogen) atoms. The molecule has 0 aliphatic carbocycles. The number of aromatic nitrogens is 1. The monoisotopic (exact) mass is 299 g/mol. The summed E-state index contributed by atoms with van der Waals surface area (Å²) < 4.78 is 72.3. The summed E-state index contributed by atoms with van der Waals surface area (Å²) in [6.45, 7) is 0. The third-order valence-corrected chi connectivity index (χ3v) is 2.36. The van der Waals surface area contributed by atoms with Gasteiger partial charge in [0.15, 0.2) is 0 Å². The van der Waals surface area contributed by atoms with E-state index < -0.39 is 42.0 Å². The molecule has 0 amide bonds. The number of pyridine rings is 1. The minimum atomic E-state index is -5.00. The Kier molecular flexibility index (Phi) is 4.85. The molecule has 112 valence electrons. The van der Waals surface area contributed by atoms with E-state index in [-0.39, 0.29) is 5.69 Å². The molecule has 0 N–H and O–H groups in total. The first-order valence-corrected chi connectivity index (χ1v) is 5.20. The van der Waals surface area contributed by atoms with E-state index in [9.17, 15) is 26.7 Å². The van der Waals surface area contributed by atoms with Crippen LogP contribution in [-0.4, -0.2) is 25.2 Å². The maximum Gasteiger partial charge on any atom is 0.418 e. The van der Waals surface area contributed by atoms with Gasteiger partial charge >= 0.3 is 12.1 Å². The maximum absolute atomic E-state index is 12.7. The number of esters is 1. The van der Waals surface area contributed by atoms with Gasteiger partial charge in [-0.05, 0) is 6.07 Å². The van der Waals surface area contributed by atoms with E-state index in [2.05, 4.69) is 14.5 Å². The van der Waals surface area contributed by atoms with Gasteiger partial charge in [-0.25, -0.2) is 13.8 Å². The highest BCUT2D eigenvalue weighted by atomic mass is 19.4. The third-order valence-electron chi connectivity index (χ3n) is 2.36. The molecule has 0 unspecified atom stereocenters. The second-order valence-electron chi connectivity index (χ2n) is 3.62. The zero-order chi connectivity index (χ0) is 15.5. The summed E-state index contributed by atoms with van der Waals surface area (Å²) in [5.74, 6) is -1.25. The Hall–Kier alpha value is -1.93. The average Bonchev–Trinajstić information content (AvgIpc) is 2.36. The molecule has 4 nitrogen and oxygen atoms in total. The molecule has 0 spiro atoms. The fourth-order valence-corrected chi connectivity index (χ4v) is 1.45. The lowest BCUT2D eigenvalue weighted by Crippen LogP contribution is -2.15. The topological polar surface area (TPSA) is 48.4 Å². The van der Waals surface area contributed by atoms with Crippen LogP contribution >= 0.6 is 0 Å². The first-order valence-electron chi connectivity index (χ1n) is 5.20. The van der Waals surface area contributed by atoms with E-state index in [0.29, 0.717) is 6.07 Å². The van der Waals surface area contributed by atoms with Crippen molar-refractivity contribution in [3.8, 4) is 5.75 Å². The molecule has 0 aromatic carbocycles. The van der Waals surface area contributed by atoms with Gasteiger partial charge in [-0.15, -0.1) is 0 Å². The van der Waals surface area contributed by atoms with Gasteiger partial charge in [-0.3, -0.25) is 4.79 Å². The van der Waals surface area contributed by atoms with Crippen molar-refractivity contribution in [1.29, 1.82) is 0 Å². The first-order chi connectivity index (χ1) is 9.20. The SMILES string of the molecule is COC(=O)Cc1nc(C(F)F)c(C(F)(F)F)cc1OC. The van der Waals surface area contributed by atoms with Gasteiger partial charge in [0.25, 0.3) is 6.43 Å². The molecule has 1 aromatic rings. The van der Waals surface area contributed by atoms with Crippen molar-refractivity contribution < 1.29 is 36.2 Å². The Morgan fingerprint density at radius 2 is 1.95 bits per heavy atom. The molecule has 1 rings (SSSR count). The van der Waals surface area contributed by atoms with E-state index in [4.69, 9.17) is 0 Å². The molecule has 0 atom stereocenters. The summed E-state index contributed by atoms with van der Waals surface area (Å²) in [5.41, 5.74) is -3.39. The van der Waals surface area contributed by atoms with Crippen LogP contribution in [0, 0.1) is 0 Å². The minimum Gasteiger partial charge on any atom is -0.495 e. The molecule has 0 aliphatic rings. The van der Waals surface area contributed by atoms with Crippen LogP contribution in [0.25, 0.3) is 0 Å². The number of alkyl halides is 5. The molecular formula is C11H10F5NO3. The van der Waals surface area contributed by atoms with Crippen LogP contribution in [0.3, 0.4) is 0 Å². The standard InChI is InChI=1S/C11H10F5NO3/c1-19-7-3-5(11(14,15)16)9(10(12)13)17-6(7)4-8(18)20-2/h3,10H,4H2,1-2H3. The van der Waals surface area contributed by atoms with Crippen LogP contribution in [0.4, 0.5) is 22.0 Å². The number of carbonyl (C=O) groups is 1. The molecule has 0 fully saturated rings. The van der Waals surface area contributed by atoms with Crippen LogP contribution in [0.5, 0.6) is 5.75 Å². The molecule has 9 heteroatoms. The van der Waals surface area contributed by atoms with Crippen molar-refractivity contribution in [2.75, 3.05) is 14.2 Å². The fraction of sp³-hybridized carbons (Fsp3) is 0.455. The van der Waals surface area contributed by atoms with E-state index in [1.54, 1.807) is 0 Å². The summed E-state index contributed by atoms with van der Waals surface area (Å²) in [5, 5.41) is 0. The molecule has 1 heterocycles. The van der Waals surface area contributed by atoms with Gasteiger partial charge in [0.2, 0.25) is 0 Å². The molecule has 0 saturated carbocycles. The third kappa shape index (κ3) is 3.55. The zero-order valence-corrected chi connectivity index (χ0v) is 10.4. The highest BCUT2D eigenvalue weighted by Crippen LogP contribution is 2.38. The van der Waals surface area contributed by atoms with Crippen LogP contribution in [0.2, 0.25) is 0 Å². The molecule has 0 aliphatic heterocycles. The molecule has 0 radical (unpaired) electrons. The predicted octanol–water partition coefficient (Wildman–Crippen LogP) is 2.76. The summed E-state index contributed by atoms with van der Waals surface area (Å²) in [6.07, 6.45) is -9.01. The fourth-order valence-electron chi connectivity index (χ4n) is 1.45. The van der Waals surface area contributed by atoms with Crippen LogP contribution < -0.4 is 4.74 Å². The number of rotatable bonds is 4. The Balaban J connectivity index is 3.41. The van der Waals surface area contributed by atoms with Crippen LogP contribution in [-0.2, 0) is 22.1 Å². The van der Waals surface area contributed by atoms with E-state index in [1.807, 2.05) is 0 Å². The number of ether oxygens (including phenoxy) is 2.